The average Bonchev–Trinajstić information content (AvgIpc) is 2.75. The molecule has 0 aromatic carbocycles. The van der Waals surface area contributed by atoms with Crippen molar-refractivity contribution in [3.05, 3.63) is 15.9 Å². The van der Waals surface area contributed by atoms with E-state index in [-0.39, 0.29) is 0 Å². The van der Waals surface area contributed by atoms with E-state index in [1.807, 2.05) is 0 Å². The summed E-state index contributed by atoms with van der Waals surface area (Å²) < 4.78 is 3.33. The normalized spacial score (nSPS) is 18.4. The first-order chi connectivity index (χ1) is 9.65. The molecule has 1 aliphatic rings. The molecule has 0 spiro atoms. The number of nitrogens with one attached hydrogen (secondary N) is 1. The van der Waals surface area contributed by atoms with Crippen LogP contribution in [0.25, 0.3) is 0 Å². The van der Waals surface area contributed by atoms with Crippen molar-refractivity contribution in [3.63, 3.8) is 0 Å². The van der Waals surface area contributed by atoms with Gasteiger partial charge in [0, 0.05) is 19.0 Å². The molecule has 1 fully saturated rings. The first-order valence-corrected chi connectivity index (χ1v) is 9.57. The van der Waals surface area contributed by atoms with Crippen LogP contribution in [0.4, 0.5) is 0 Å². The Kier molecular flexibility index (Phi) is 6.43. The van der Waals surface area contributed by atoms with Crippen molar-refractivity contribution in [1.29, 1.82) is 0 Å². The monoisotopic (exact) mass is 359 g/mol. The quantitative estimate of drug-likeness (QED) is 0.840. The second-order valence-corrected chi connectivity index (χ2v) is 7.66. The Labute approximate surface area is 135 Å². The van der Waals surface area contributed by atoms with Gasteiger partial charge < -0.3 is 5.32 Å². The number of likely N-dealkylation sites (N-methyl/N-ethyl adjacent to an activating group) is 1. The summed E-state index contributed by atoms with van der Waals surface area (Å²) in [6.07, 6.45) is 5.12. The van der Waals surface area contributed by atoms with Gasteiger partial charge >= 0.3 is 0 Å². The molecule has 0 aliphatic carbocycles. The van der Waals surface area contributed by atoms with Gasteiger partial charge in [-0.25, -0.2) is 0 Å². The fourth-order valence-electron chi connectivity index (χ4n) is 2.99. The summed E-state index contributed by atoms with van der Waals surface area (Å²) in [4.78, 5) is 0. The number of rotatable bonds is 6. The van der Waals surface area contributed by atoms with E-state index >= 15 is 0 Å². The third kappa shape index (κ3) is 4.01. The third-order valence-corrected chi connectivity index (χ3v) is 6.34. The minimum absolute atomic E-state index is 0.556. The SMILES string of the molecule is CCn1nc(C)c(Br)c1CC(CC1CCSCC1)NC. The van der Waals surface area contributed by atoms with Crippen LogP contribution < -0.4 is 5.32 Å². The Bertz CT molecular complexity index is 427. The zero-order chi connectivity index (χ0) is 14.5. The highest BCUT2D eigenvalue weighted by atomic mass is 79.9. The molecule has 1 atom stereocenters. The van der Waals surface area contributed by atoms with Crippen molar-refractivity contribution in [2.75, 3.05) is 18.6 Å². The molecule has 0 saturated carbocycles. The van der Waals surface area contributed by atoms with Gasteiger partial charge in [0.1, 0.15) is 0 Å². The highest BCUT2D eigenvalue weighted by Gasteiger charge is 2.21. The third-order valence-electron chi connectivity index (χ3n) is 4.26. The van der Waals surface area contributed by atoms with Crippen LogP contribution in [0.2, 0.25) is 0 Å². The molecule has 0 amide bonds. The van der Waals surface area contributed by atoms with Crippen LogP contribution in [-0.4, -0.2) is 34.4 Å². The standard InChI is InChI=1S/C15H26BrN3S/c1-4-19-14(15(16)11(2)18-19)10-13(17-3)9-12-5-7-20-8-6-12/h12-13,17H,4-10H2,1-3H3. The van der Waals surface area contributed by atoms with E-state index in [2.05, 4.69) is 63.7 Å². The van der Waals surface area contributed by atoms with Crippen LogP contribution in [0.5, 0.6) is 0 Å². The Morgan fingerprint density at radius 1 is 1.45 bits per heavy atom. The summed E-state index contributed by atoms with van der Waals surface area (Å²) in [5.74, 6) is 3.58. The van der Waals surface area contributed by atoms with Crippen molar-refractivity contribution in [1.82, 2.24) is 15.1 Å². The largest absolute Gasteiger partial charge is 0.317 e. The second kappa shape index (κ2) is 7.85. The zero-order valence-electron chi connectivity index (χ0n) is 12.8. The number of halogens is 1. The fraction of sp³-hybridized carbons (Fsp3) is 0.800. The minimum Gasteiger partial charge on any atom is -0.317 e. The van der Waals surface area contributed by atoms with Gasteiger partial charge in [-0.1, -0.05) is 0 Å². The predicted octanol–water partition coefficient (Wildman–Crippen LogP) is 3.64. The number of aryl methyl sites for hydroxylation is 2. The maximum absolute atomic E-state index is 4.60. The summed E-state index contributed by atoms with van der Waals surface area (Å²) in [7, 11) is 2.09. The molecule has 3 nitrogen and oxygen atoms in total. The van der Waals surface area contributed by atoms with Crippen LogP contribution >= 0.6 is 27.7 Å². The van der Waals surface area contributed by atoms with Crippen LogP contribution in [0.1, 0.15) is 37.6 Å². The second-order valence-electron chi connectivity index (χ2n) is 5.64. The van der Waals surface area contributed by atoms with Gasteiger partial charge in [-0.15, -0.1) is 0 Å². The maximum atomic E-state index is 4.60. The van der Waals surface area contributed by atoms with E-state index < -0.39 is 0 Å². The first-order valence-electron chi connectivity index (χ1n) is 7.62. The highest BCUT2D eigenvalue weighted by molar-refractivity contribution is 9.10. The van der Waals surface area contributed by atoms with Crippen molar-refractivity contribution in [3.8, 4) is 0 Å². The molecule has 1 aromatic heterocycles. The molecule has 5 heteroatoms. The Balaban J connectivity index is 2.02. The number of nitrogens with zero attached hydrogens (tertiary/aromatic N) is 2. The zero-order valence-corrected chi connectivity index (χ0v) is 15.2. The van der Waals surface area contributed by atoms with E-state index in [1.54, 1.807) is 0 Å². The predicted molar refractivity (Wildman–Crippen MR) is 91.6 cm³/mol. The van der Waals surface area contributed by atoms with E-state index in [9.17, 15) is 0 Å². The van der Waals surface area contributed by atoms with Gasteiger partial charge in [0.05, 0.1) is 15.9 Å². The van der Waals surface area contributed by atoms with E-state index in [0.717, 1.165) is 24.6 Å². The molecular formula is C15H26BrN3S. The van der Waals surface area contributed by atoms with E-state index in [1.165, 1.54) is 40.9 Å². The summed E-state index contributed by atoms with van der Waals surface area (Å²) >= 11 is 5.82. The van der Waals surface area contributed by atoms with Crippen molar-refractivity contribution in [2.24, 2.45) is 5.92 Å². The first kappa shape index (κ1) is 16.4. The van der Waals surface area contributed by atoms with E-state index in [0.29, 0.717) is 6.04 Å². The van der Waals surface area contributed by atoms with Gasteiger partial charge in [-0.3, -0.25) is 4.68 Å². The Hall–Kier alpha value is -0.0000000000000000763. The van der Waals surface area contributed by atoms with Gasteiger partial charge in [-0.2, -0.15) is 16.9 Å². The summed E-state index contributed by atoms with van der Waals surface area (Å²) in [6.45, 7) is 5.18. The molecule has 0 bridgehead atoms. The lowest BCUT2D eigenvalue weighted by atomic mass is 9.92. The topological polar surface area (TPSA) is 29.9 Å². The lowest BCUT2D eigenvalue weighted by molar-refractivity contribution is 0.370. The van der Waals surface area contributed by atoms with Gasteiger partial charge in [0.2, 0.25) is 0 Å². The molecule has 2 rings (SSSR count). The van der Waals surface area contributed by atoms with Gasteiger partial charge in [0.15, 0.2) is 0 Å². The van der Waals surface area contributed by atoms with Crippen LogP contribution in [-0.2, 0) is 13.0 Å². The highest BCUT2D eigenvalue weighted by Crippen LogP contribution is 2.28. The summed E-state index contributed by atoms with van der Waals surface area (Å²) in [6, 6.07) is 0.556. The maximum Gasteiger partial charge on any atom is 0.0738 e. The van der Waals surface area contributed by atoms with E-state index in [4.69, 9.17) is 0 Å². The molecule has 20 heavy (non-hydrogen) atoms. The minimum atomic E-state index is 0.556. The van der Waals surface area contributed by atoms with Crippen molar-refractivity contribution >= 4 is 27.7 Å². The summed E-state index contributed by atoms with van der Waals surface area (Å²) in [5, 5.41) is 8.12. The molecular weight excluding hydrogens is 334 g/mol. The molecule has 1 aliphatic heterocycles. The Morgan fingerprint density at radius 3 is 2.75 bits per heavy atom. The van der Waals surface area contributed by atoms with Crippen LogP contribution in [0.15, 0.2) is 4.47 Å². The Morgan fingerprint density at radius 2 is 2.15 bits per heavy atom. The number of thioether (sulfide) groups is 1. The molecule has 1 unspecified atom stereocenters. The van der Waals surface area contributed by atoms with Crippen LogP contribution in [0.3, 0.4) is 0 Å². The number of hydrogen-bond acceptors (Lipinski definition) is 3. The lowest BCUT2D eigenvalue weighted by Gasteiger charge is -2.26. The molecule has 0 radical (unpaired) electrons. The van der Waals surface area contributed by atoms with Crippen LogP contribution in [0, 0.1) is 12.8 Å². The molecule has 114 valence electrons. The molecule has 2 heterocycles. The molecule has 1 aromatic rings. The van der Waals surface area contributed by atoms with Gasteiger partial charge in [0.25, 0.3) is 0 Å². The van der Waals surface area contributed by atoms with Crippen molar-refractivity contribution in [2.45, 2.75) is 52.1 Å². The smallest absolute Gasteiger partial charge is 0.0738 e. The van der Waals surface area contributed by atoms with Gasteiger partial charge in [-0.05, 0) is 73.5 Å². The number of hydrogen-bond donors (Lipinski definition) is 1. The lowest BCUT2D eigenvalue weighted by Crippen LogP contribution is -2.32. The fourth-order valence-corrected chi connectivity index (χ4v) is 4.64. The molecule has 1 saturated heterocycles. The molecule has 1 N–H and O–H groups in total. The summed E-state index contributed by atoms with van der Waals surface area (Å²) in [5.41, 5.74) is 2.44. The number of aromatic nitrogens is 2. The van der Waals surface area contributed by atoms with Crippen molar-refractivity contribution < 1.29 is 0 Å². The average molecular weight is 360 g/mol.